The number of rotatable bonds is 5. The van der Waals surface area contributed by atoms with E-state index in [2.05, 4.69) is 0 Å². The average molecular weight is 533 g/mol. The fraction of sp³-hybridized carbons (Fsp3) is 0.379. The minimum Gasteiger partial charge on any atom is -0.466 e. The van der Waals surface area contributed by atoms with Gasteiger partial charge in [0.1, 0.15) is 6.61 Å². The Hall–Kier alpha value is -4.18. The number of allylic oxidation sites excluding steroid dienone is 1. The maximum Gasteiger partial charge on any atom is 0.418 e. The van der Waals surface area contributed by atoms with Crippen molar-refractivity contribution in [3.63, 3.8) is 0 Å². The van der Waals surface area contributed by atoms with Crippen LogP contribution in [0.3, 0.4) is 0 Å². The Kier molecular flexibility index (Phi) is 5.76. The summed E-state index contributed by atoms with van der Waals surface area (Å²) in [4.78, 5) is 57.4. The summed E-state index contributed by atoms with van der Waals surface area (Å²) in [6, 6.07) is 15.7. The van der Waals surface area contributed by atoms with Crippen LogP contribution in [-0.2, 0) is 46.4 Å². The van der Waals surface area contributed by atoms with Gasteiger partial charge in [-0.3, -0.25) is 9.69 Å². The Morgan fingerprint density at radius 3 is 2.49 bits per heavy atom. The first-order valence-corrected chi connectivity index (χ1v) is 12.9. The van der Waals surface area contributed by atoms with Crippen LogP contribution in [0.5, 0.6) is 0 Å². The number of piperidine rings is 1. The summed E-state index contributed by atoms with van der Waals surface area (Å²) in [5.74, 6) is -4.40. The maximum atomic E-state index is 14.2. The normalized spacial score (nSPS) is 28.1. The number of hydrogen-bond donors (Lipinski definition) is 0. The zero-order valence-corrected chi connectivity index (χ0v) is 21.8. The van der Waals surface area contributed by atoms with Crippen LogP contribution >= 0.6 is 0 Å². The molecule has 3 bridgehead atoms. The maximum absolute atomic E-state index is 14.2. The second-order valence-corrected chi connectivity index (χ2v) is 10.1. The first kappa shape index (κ1) is 25.1. The molecular weight excluding hydrogens is 504 g/mol. The van der Waals surface area contributed by atoms with Crippen LogP contribution in [0, 0.1) is 5.92 Å². The molecule has 0 radical (unpaired) electrons. The van der Waals surface area contributed by atoms with Crippen LogP contribution in [0.25, 0.3) is 0 Å². The van der Waals surface area contributed by atoms with Crippen LogP contribution in [0.2, 0.25) is 0 Å². The van der Waals surface area contributed by atoms with E-state index in [4.69, 9.17) is 18.9 Å². The van der Waals surface area contributed by atoms with Crippen molar-refractivity contribution >= 4 is 23.9 Å². The van der Waals surface area contributed by atoms with E-state index in [-0.39, 0.29) is 30.9 Å². The highest BCUT2D eigenvalue weighted by Crippen LogP contribution is 2.63. The molecule has 2 aromatic rings. The minimum absolute atomic E-state index is 0.0144. The van der Waals surface area contributed by atoms with Crippen LogP contribution in [0.15, 0.2) is 65.9 Å². The fourth-order valence-electron chi connectivity index (χ4n) is 6.55. The van der Waals surface area contributed by atoms with Gasteiger partial charge in [0.25, 0.3) is 5.91 Å². The van der Waals surface area contributed by atoms with E-state index in [0.29, 0.717) is 12.0 Å². The van der Waals surface area contributed by atoms with Gasteiger partial charge in [0.05, 0.1) is 25.3 Å². The number of methoxy groups -OCH3 is 1. The predicted octanol–water partition coefficient (Wildman–Crippen LogP) is 3.22. The van der Waals surface area contributed by atoms with Gasteiger partial charge < -0.3 is 18.9 Å². The van der Waals surface area contributed by atoms with Gasteiger partial charge in [-0.05, 0) is 37.0 Å². The molecule has 4 aliphatic heterocycles. The summed E-state index contributed by atoms with van der Waals surface area (Å²) in [5.41, 5.74) is 0.745. The molecule has 1 spiro atoms. The molecule has 0 aliphatic carbocycles. The largest absolute Gasteiger partial charge is 0.466 e. The monoisotopic (exact) mass is 532 g/mol. The summed E-state index contributed by atoms with van der Waals surface area (Å²) in [6.45, 7) is 3.34. The predicted molar refractivity (Wildman–Crippen MR) is 134 cm³/mol. The highest BCUT2D eigenvalue weighted by atomic mass is 16.6. The highest BCUT2D eigenvalue weighted by molar-refractivity contribution is 6.10. The summed E-state index contributed by atoms with van der Waals surface area (Å²) in [5, 5.41) is 0. The number of hydrogen-bond acceptors (Lipinski definition) is 8. The number of amides is 2. The summed E-state index contributed by atoms with van der Waals surface area (Å²) in [7, 11) is 1.19. The van der Waals surface area contributed by atoms with E-state index < -0.39 is 47.3 Å². The molecule has 0 N–H and O–H groups in total. The molecule has 39 heavy (non-hydrogen) atoms. The average Bonchev–Trinajstić information content (AvgIpc) is 3.38. The number of nitrogens with zero attached hydrogens (tertiary/aromatic N) is 2. The van der Waals surface area contributed by atoms with Crippen LogP contribution in [-0.4, -0.2) is 58.9 Å². The van der Waals surface area contributed by atoms with Crippen molar-refractivity contribution in [1.29, 1.82) is 0 Å². The first-order chi connectivity index (χ1) is 18.8. The Labute approximate surface area is 225 Å². The smallest absolute Gasteiger partial charge is 0.418 e. The van der Waals surface area contributed by atoms with Gasteiger partial charge in [0.15, 0.2) is 0 Å². The third kappa shape index (κ3) is 3.30. The van der Waals surface area contributed by atoms with Crippen molar-refractivity contribution in [1.82, 2.24) is 9.80 Å². The molecule has 10 heteroatoms. The number of carbonyl (C=O) groups excluding carboxylic acids is 4. The molecule has 6 rings (SSSR count). The summed E-state index contributed by atoms with van der Waals surface area (Å²) < 4.78 is 22.6. The minimum atomic E-state index is -1.96. The lowest BCUT2D eigenvalue weighted by Crippen LogP contribution is -2.68. The fourth-order valence-corrected chi connectivity index (χ4v) is 6.55. The molecule has 4 atom stereocenters. The Morgan fingerprint density at radius 2 is 1.77 bits per heavy atom. The van der Waals surface area contributed by atoms with E-state index in [1.807, 2.05) is 54.6 Å². The lowest BCUT2D eigenvalue weighted by atomic mass is 9.81. The van der Waals surface area contributed by atoms with Gasteiger partial charge in [-0.25, -0.2) is 19.3 Å². The van der Waals surface area contributed by atoms with Gasteiger partial charge >= 0.3 is 18.0 Å². The van der Waals surface area contributed by atoms with Crippen molar-refractivity contribution in [3.05, 3.63) is 82.6 Å². The SMILES string of the molecule is CCOC(=O)C1=C(C)N(C(=O)OCc2ccccc2)[C@]23O[C@]4(C(=O)OC)CC2Cc2ccccc2[C@H]1N3C4=O. The van der Waals surface area contributed by atoms with Gasteiger partial charge in [0, 0.05) is 18.0 Å². The molecule has 0 aromatic heterocycles. The van der Waals surface area contributed by atoms with Gasteiger partial charge in [0.2, 0.25) is 11.4 Å². The van der Waals surface area contributed by atoms with Crippen LogP contribution < -0.4 is 0 Å². The Bertz CT molecular complexity index is 1420. The molecule has 0 saturated carbocycles. The van der Waals surface area contributed by atoms with Crippen molar-refractivity contribution in [3.8, 4) is 0 Å². The number of benzene rings is 2. The van der Waals surface area contributed by atoms with Crippen molar-refractivity contribution < 1.29 is 38.1 Å². The van der Waals surface area contributed by atoms with E-state index >= 15 is 0 Å². The molecule has 2 amide bonds. The standard InChI is InChI=1S/C29H28N2O8/c1-4-37-24(32)22-17(2)30(27(35)38-16-18-10-6-5-7-11-18)29-20-14-19-12-8-9-13-21(19)23(22)31(29)25(33)28(15-20,39-29)26(34)36-3/h5-13,20,23H,4,14-16H2,1-3H3/t20?,23-,28-,29-/m1/s1. The van der Waals surface area contributed by atoms with E-state index in [1.54, 1.807) is 13.8 Å². The van der Waals surface area contributed by atoms with Crippen LogP contribution in [0.4, 0.5) is 4.79 Å². The molecule has 2 aromatic carbocycles. The number of carbonyl (C=O) groups is 4. The van der Waals surface area contributed by atoms with Gasteiger partial charge in [-0.2, -0.15) is 0 Å². The van der Waals surface area contributed by atoms with Crippen molar-refractivity contribution in [2.45, 2.75) is 50.8 Å². The molecule has 202 valence electrons. The molecular formula is C29H28N2O8. The summed E-state index contributed by atoms with van der Waals surface area (Å²) in [6.07, 6.45) is -0.408. The topological polar surface area (TPSA) is 112 Å². The Morgan fingerprint density at radius 1 is 1.05 bits per heavy atom. The first-order valence-electron chi connectivity index (χ1n) is 12.9. The zero-order valence-electron chi connectivity index (χ0n) is 21.8. The van der Waals surface area contributed by atoms with E-state index in [9.17, 15) is 19.2 Å². The van der Waals surface area contributed by atoms with Crippen molar-refractivity contribution in [2.75, 3.05) is 13.7 Å². The number of fused-ring (bicyclic) bond motifs is 3. The summed E-state index contributed by atoms with van der Waals surface area (Å²) >= 11 is 0. The highest BCUT2D eigenvalue weighted by Gasteiger charge is 2.81. The molecule has 2 fully saturated rings. The molecule has 1 unspecified atom stereocenters. The number of ether oxygens (including phenoxy) is 4. The molecule has 4 aliphatic rings. The molecule has 10 nitrogen and oxygen atoms in total. The molecule has 2 saturated heterocycles. The zero-order chi connectivity index (χ0) is 27.5. The third-order valence-electron chi connectivity index (χ3n) is 8.09. The quantitative estimate of drug-likeness (QED) is 0.328. The van der Waals surface area contributed by atoms with Crippen molar-refractivity contribution in [2.24, 2.45) is 5.92 Å². The van der Waals surface area contributed by atoms with E-state index in [1.165, 1.54) is 16.9 Å². The third-order valence-corrected chi connectivity index (χ3v) is 8.09. The van der Waals surface area contributed by atoms with Crippen LogP contribution in [0.1, 0.15) is 43.0 Å². The second-order valence-electron chi connectivity index (χ2n) is 10.1. The number of esters is 2. The second kappa shape index (κ2) is 8.94. The van der Waals surface area contributed by atoms with E-state index in [0.717, 1.165) is 11.1 Å². The molecule has 4 heterocycles. The lowest BCUT2D eigenvalue weighted by Gasteiger charge is -2.52. The van der Waals surface area contributed by atoms with Gasteiger partial charge in [-0.15, -0.1) is 0 Å². The Balaban J connectivity index is 1.57. The lowest BCUT2D eigenvalue weighted by molar-refractivity contribution is -0.213. The van der Waals surface area contributed by atoms with Gasteiger partial charge in [-0.1, -0.05) is 54.6 Å².